The summed E-state index contributed by atoms with van der Waals surface area (Å²) in [6.45, 7) is 3.93. The van der Waals surface area contributed by atoms with Crippen molar-refractivity contribution in [3.63, 3.8) is 0 Å². The average molecular weight is 381 g/mol. The van der Waals surface area contributed by atoms with E-state index in [9.17, 15) is 19.5 Å². The van der Waals surface area contributed by atoms with Crippen LogP contribution in [0, 0.1) is 11.8 Å². The fourth-order valence-corrected chi connectivity index (χ4v) is 3.10. The Morgan fingerprint density at radius 3 is 2.04 bits per heavy atom. The molecule has 2 aromatic carbocycles. The molecular formula is C23H27NO4. The lowest BCUT2D eigenvalue weighted by Gasteiger charge is -2.21. The molecule has 2 aromatic rings. The Hall–Kier alpha value is -2.95. The molecule has 0 bridgehead atoms. The second-order valence-corrected chi connectivity index (χ2v) is 7.42. The molecule has 28 heavy (non-hydrogen) atoms. The first-order valence-electron chi connectivity index (χ1n) is 9.52. The molecule has 0 heterocycles. The van der Waals surface area contributed by atoms with Gasteiger partial charge in [0.05, 0.1) is 12.0 Å². The number of Topliss-reactive ketones (excluding diaryl/α,β-unsaturated/α-hetero) is 1. The van der Waals surface area contributed by atoms with Crippen LogP contribution < -0.4 is 5.32 Å². The summed E-state index contributed by atoms with van der Waals surface area (Å²) in [5, 5.41) is 12.4. The van der Waals surface area contributed by atoms with E-state index >= 15 is 0 Å². The van der Waals surface area contributed by atoms with E-state index in [4.69, 9.17) is 0 Å². The van der Waals surface area contributed by atoms with E-state index < -0.39 is 17.9 Å². The smallest absolute Gasteiger partial charge is 0.307 e. The van der Waals surface area contributed by atoms with Crippen molar-refractivity contribution < 1.29 is 19.5 Å². The van der Waals surface area contributed by atoms with E-state index in [0.717, 1.165) is 5.56 Å². The fraction of sp³-hybridized carbons (Fsp3) is 0.348. The number of amides is 1. The normalized spacial score (nSPS) is 13.0. The molecule has 0 unspecified atom stereocenters. The maximum Gasteiger partial charge on any atom is 0.307 e. The highest BCUT2D eigenvalue weighted by atomic mass is 16.4. The van der Waals surface area contributed by atoms with Crippen molar-refractivity contribution >= 4 is 17.7 Å². The third-order valence-electron chi connectivity index (χ3n) is 4.56. The minimum absolute atomic E-state index is 0.114. The maximum atomic E-state index is 12.9. The largest absolute Gasteiger partial charge is 0.481 e. The molecule has 148 valence electrons. The van der Waals surface area contributed by atoms with Crippen molar-refractivity contribution in [2.75, 3.05) is 0 Å². The van der Waals surface area contributed by atoms with Gasteiger partial charge in [-0.3, -0.25) is 14.4 Å². The van der Waals surface area contributed by atoms with Crippen LogP contribution in [0.2, 0.25) is 0 Å². The van der Waals surface area contributed by atoms with Gasteiger partial charge in [-0.05, 0) is 36.5 Å². The number of carbonyl (C=O) groups excluding carboxylic acids is 2. The Bertz CT molecular complexity index is 787. The highest BCUT2D eigenvalue weighted by molar-refractivity contribution is 5.98. The first-order valence-corrected chi connectivity index (χ1v) is 9.52. The van der Waals surface area contributed by atoms with Crippen molar-refractivity contribution in [3.05, 3.63) is 71.8 Å². The fourth-order valence-electron chi connectivity index (χ4n) is 3.10. The van der Waals surface area contributed by atoms with Gasteiger partial charge in [0.15, 0.2) is 5.78 Å². The number of carboxylic acids is 1. The lowest BCUT2D eigenvalue weighted by Crippen LogP contribution is -2.43. The Morgan fingerprint density at radius 2 is 1.50 bits per heavy atom. The predicted molar refractivity (Wildman–Crippen MR) is 108 cm³/mol. The third kappa shape index (κ3) is 6.65. The Kier molecular flexibility index (Phi) is 7.93. The molecule has 0 aliphatic carbocycles. The minimum atomic E-state index is -1.00. The zero-order valence-corrected chi connectivity index (χ0v) is 16.3. The molecule has 2 atom stereocenters. The van der Waals surface area contributed by atoms with E-state index in [-0.39, 0.29) is 30.4 Å². The Labute approximate surface area is 165 Å². The second-order valence-electron chi connectivity index (χ2n) is 7.42. The molecule has 5 heteroatoms. The van der Waals surface area contributed by atoms with Crippen LogP contribution in [0.5, 0.6) is 0 Å². The number of benzene rings is 2. The van der Waals surface area contributed by atoms with E-state index in [0.29, 0.717) is 12.0 Å². The molecule has 0 aliphatic heterocycles. The summed E-state index contributed by atoms with van der Waals surface area (Å²) in [5.74, 6) is -2.22. The average Bonchev–Trinajstić information content (AvgIpc) is 2.68. The van der Waals surface area contributed by atoms with Crippen LogP contribution in [-0.4, -0.2) is 28.8 Å². The standard InChI is InChI=1S/C23H27NO4/c1-16(2)13-20(24-22(26)18-11-7-4-8-12-18)21(25)15-19(23(27)28)14-17-9-5-3-6-10-17/h3-12,16,19-20H,13-15H2,1-2H3,(H,24,26)(H,27,28)/t19-,20+/m1/s1. The summed E-state index contributed by atoms with van der Waals surface area (Å²) < 4.78 is 0. The minimum Gasteiger partial charge on any atom is -0.481 e. The van der Waals surface area contributed by atoms with E-state index in [1.54, 1.807) is 24.3 Å². The number of carboxylic acid groups (broad SMARTS) is 1. The van der Waals surface area contributed by atoms with Gasteiger partial charge >= 0.3 is 5.97 Å². The van der Waals surface area contributed by atoms with Crippen molar-refractivity contribution in [3.8, 4) is 0 Å². The van der Waals surface area contributed by atoms with Gasteiger partial charge in [-0.15, -0.1) is 0 Å². The summed E-state index contributed by atoms with van der Waals surface area (Å²) in [6, 6.07) is 17.2. The monoisotopic (exact) mass is 381 g/mol. The lowest BCUT2D eigenvalue weighted by atomic mass is 9.89. The molecule has 0 aromatic heterocycles. The van der Waals surface area contributed by atoms with Crippen LogP contribution in [-0.2, 0) is 16.0 Å². The molecule has 0 aliphatic rings. The molecule has 0 fully saturated rings. The van der Waals surface area contributed by atoms with Crippen molar-refractivity contribution in [2.24, 2.45) is 11.8 Å². The first kappa shape index (κ1) is 21.4. The molecule has 0 saturated carbocycles. The number of nitrogens with one attached hydrogen (secondary N) is 1. The number of ketones is 1. The van der Waals surface area contributed by atoms with Crippen molar-refractivity contribution in [1.29, 1.82) is 0 Å². The summed E-state index contributed by atoms with van der Waals surface area (Å²) in [4.78, 5) is 37.0. The van der Waals surface area contributed by atoms with Crippen molar-refractivity contribution in [1.82, 2.24) is 5.32 Å². The summed E-state index contributed by atoms with van der Waals surface area (Å²) in [6.07, 6.45) is 0.634. The van der Waals surface area contributed by atoms with Gasteiger partial charge in [0.1, 0.15) is 0 Å². The van der Waals surface area contributed by atoms with Gasteiger partial charge in [0, 0.05) is 12.0 Å². The van der Waals surface area contributed by atoms with Crippen LogP contribution in [0.4, 0.5) is 0 Å². The van der Waals surface area contributed by atoms with Gasteiger partial charge in [-0.2, -0.15) is 0 Å². The number of rotatable bonds is 10. The molecule has 0 spiro atoms. The van der Waals surface area contributed by atoms with Crippen molar-refractivity contribution in [2.45, 2.75) is 39.2 Å². The Balaban J connectivity index is 2.09. The molecular weight excluding hydrogens is 354 g/mol. The van der Waals surface area contributed by atoms with Crippen LogP contribution in [0.25, 0.3) is 0 Å². The van der Waals surface area contributed by atoms with E-state index in [2.05, 4.69) is 5.32 Å². The van der Waals surface area contributed by atoms with Gasteiger partial charge < -0.3 is 10.4 Å². The van der Waals surface area contributed by atoms with Crippen LogP contribution in [0.1, 0.15) is 42.6 Å². The van der Waals surface area contributed by atoms with E-state index in [1.807, 2.05) is 50.2 Å². The lowest BCUT2D eigenvalue weighted by molar-refractivity contribution is -0.144. The highest BCUT2D eigenvalue weighted by Crippen LogP contribution is 2.17. The van der Waals surface area contributed by atoms with Crippen LogP contribution in [0.3, 0.4) is 0 Å². The van der Waals surface area contributed by atoms with Crippen LogP contribution in [0.15, 0.2) is 60.7 Å². The molecule has 5 nitrogen and oxygen atoms in total. The predicted octanol–water partition coefficient (Wildman–Crippen LogP) is 3.73. The number of aliphatic carboxylic acids is 1. The maximum absolute atomic E-state index is 12.9. The molecule has 2 rings (SSSR count). The third-order valence-corrected chi connectivity index (χ3v) is 4.56. The number of hydrogen-bond acceptors (Lipinski definition) is 3. The highest BCUT2D eigenvalue weighted by Gasteiger charge is 2.28. The zero-order chi connectivity index (χ0) is 20.5. The topological polar surface area (TPSA) is 83.5 Å². The molecule has 0 saturated heterocycles. The SMILES string of the molecule is CC(C)C[C@H](NC(=O)c1ccccc1)C(=O)C[C@@H](Cc1ccccc1)C(=O)O. The summed E-state index contributed by atoms with van der Waals surface area (Å²) in [5.41, 5.74) is 1.35. The zero-order valence-electron chi connectivity index (χ0n) is 16.3. The van der Waals surface area contributed by atoms with Gasteiger partial charge in [-0.25, -0.2) is 0 Å². The van der Waals surface area contributed by atoms with Gasteiger partial charge in [-0.1, -0.05) is 62.4 Å². The molecule has 1 amide bonds. The second kappa shape index (κ2) is 10.4. The molecule has 2 N–H and O–H groups in total. The first-order chi connectivity index (χ1) is 13.4. The summed E-state index contributed by atoms with van der Waals surface area (Å²) >= 11 is 0. The number of hydrogen-bond donors (Lipinski definition) is 2. The van der Waals surface area contributed by atoms with E-state index in [1.165, 1.54) is 0 Å². The Morgan fingerprint density at radius 1 is 0.929 bits per heavy atom. The van der Waals surface area contributed by atoms with Gasteiger partial charge in [0.2, 0.25) is 0 Å². The quantitative estimate of drug-likeness (QED) is 0.657. The number of carbonyl (C=O) groups is 3. The molecule has 0 radical (unpaired) electrons. The summed E-state index contributed by atoms with van der Waals surface area (Å²) in [7, 11) is 0. The van der Waals surface area contributed by atoms with Gasteiger partial charge in [0.25, 0.3) is 5.91 Å². The van der Waals surface area contributed by atoms with Crippen LogP contribution >= 0.6 is 0 Å².